The van der Waals surface area contributed by atoms with Gasteiger partial charge in [-0.2, -0.15) is 5.10 Å². The van der Waals surface area contributed by atoms with Gasteiger partial charge in [0.15, 0.2) is 5.78 Å². The van der Waals surface area contributed by atoms with Gasteiger partial charge in [-0.1, -0.05) is 6.07 Å². The van der Waals surface area contributed by atoms with Crippen molar-refractivity contribution in [2.75, 3.05) is 14.2 Å². The van der Waals surface area contributed by atoms with Crippen LogP contribution in [0.5, 0.6) is 17.2 Å². The topological polar surface area (TPSA) is 73.6 Å². The van der Waals surface area contributed by atoms with E-state index in [2.05, 4.69) is 5.10 Å². The van der Waals surface area contributed by atoms with Crippen LogP contribution in [0.2, 0.25) is 0 Å². The van der Waals surface area contributed by atoms with Gasteiger partial charge >= 0.3 is 0 Å². The molecule has 1 N–H and O–H groups in total. The summed E-state index contributed by atoms with van der Waals surface area (Å²) in [6.07, 6.45) is 3.51. The van der Waals surface area contributed by atoms with Crippen molar-refractivity contribution in [3.63, 3.8) is 0 Å². The lowest BCUT2D eigenvalue weighted by molar-refractivity contribution is 0.104. The van der Waals surface area contributed by atoms with Crippen LogP contribution in [0.15, 0.2) is 42.6 Å². The zero-order valence-electron chi connectivity index (χ0n) is 15.9. The molecule has 0 bridgehead atoms. The summed E-state index contributed by atoms with van der Waals surface area (Å²) >= 11 is 0. The van der Waals surface area contributed by atoms with Gasteiger partial charge in [-0.25, -0.2) is 8.78 Å². The molecule has 1 aromatic heterocycles. The number of hydrogen-bond donors (Lipinski definition) is 1. The van der Waals surface area contributed by atoms with Crippen molar-refractivity contribution in [3.8, 4) is 28.5 Å². The van der Waals surface area contributed by atoms with Crippen molar-refractivity contribution in [1.29, 1.82) is 0 Å². The zero-order chi connectivity index (χ0) is 21.1. The average molecular weight is 400 g/mol. The number of phenolic OH excluding ortho intramolecular Hbond substituents is 1. The Hall–Kier alpha value is -3.68. The molecule has 29 heavy (non-hydrogen) atoms. The number of hydrogen-bond acceptors (Lipinski definition) is 5. The van der Waals surface area contributed by atoms with Gasteiger partial charge < -0.3 is 14.6 Å². The second-order valence-electron chi connectivity index (χ2n) is 6.05. The van der Waals surface area contributed by atoms with Crippen molar-refractivity contribution >= 4 is 11.9 Å². The first-order valence-electron chi connectivity index (χ1n) is 8.51. The molecule has 0 aliphatic carbocycles. The van der Waals surface area contributed by atoms with Gasteiger partial charge in [-0.05, 0) is 30.4 Å². The molecule has 0 saturated heterocycles. The van der Waals surface area contributed by atoms with Crippen LogP contribution in [0, 0.1) is 11.6 Å². The lowest BCUT2D eigenvalue weighted by atomic mass is 9.99. The summed E-state index contributed by atoms with van der Waals surface area (Å²) in [5.41, 5.74) is 0.208. The van der Waals surface area contributed by atoms with Gasteiger partial charge in [0, 0.05) is 24.9 Å². The number of benzene rings is 2. The summed E-state index contributed by atoms with van der Waals surface area (Å²) < 4.78 is 39.7. The fourth-order valence-electron chi connectivity index (χ4n) is 2.96. The van der Waals surface area contributed by atoms with Crippen molar-refractivity contribution < 1.29 is 28.2 Å². The Morgan fingerprint density at radius 2 is 1.79 bits per heavy atom. The van der Waals surface area contributed by atoms with Crippen LogP contribution < -0.4 is 9.47 Å². The molecule has 0 spiro atoms. The molecule has 3 rings (SSSR count). The first kappa shape index (κ1) is 20.1. The van der Waals surface area contributed by atoms with Gasteiger partial charge in [-0.3, -0.25) is 9.48 Å². The largest absolute Gasteiger partial charge is 0.506 e. The van der Waals surface area contributed by atoms with Gasteiger partial charge in [0.2, 0.25) is 0 Å². The standard InChI is InChI=1S/C21H18F2N2O4/c1-25-15(9-10-24-25)19-17(28-2)11-18(29-3)20(21(19)27)16(26)8-7-12-13(22)5-4-6-14(12)23/h4-11,27H,1-3H3/b8-7+. The van der Waals surface area contributed by atoms with Crippen molar-refractivity contribution in [2.45, 2.75) is 0 Å². The number of nitrogens with zero attached hydrogens (tertiary/aromatic N) is 2. The number of phenols is 1. The Morgan fingerprint density at radius 3 is 2.34 bits per heavy atom. The monoisotopic (exact) mass is 400 g/mol. The molecule has 1 heterocycles. The number of carbonyl (C=O) groups is 1. The number of halogens is 2. The highest BCUT2D eigenvalue weighted by atomic mass is 19.1. The SMILES string of the molecule is COc1cc(OC)c(-c2ccnn2C)c(O)c1C(=O)/C=C/c1c(F)cccc1F. The molecule has 150 valence electrons. The van der Waals surface area contributed by atoms with Gasteiger partial charge in [0.1, 0.15) is 34.4 Å². The van der Waals surface area contributed by atoms with Crippen molar-refractivity contribution in [3.05, 3.63) is 65.4 Å². The molecule has 0 saturated carbocycles. The quantitative estimate of drug-likeness (QED) is 0.500. The molecule has 6 nitrogen and oxygen atoms in total. The number of ketones is 1. The number of aromatic hydroxyl groups is 1. The van der Waals surface area contributed by atoms with E-state index in [-0.39, 0.29) is 28.2 Å². The summed E-state index contributed by atoms with van der Waals surface area (Å²) in [6.45, 7) is 0. The summed E-state index contributed by atoms with van der Waals surface area (Å²) in [5, 5.41) is 14.9. The third kappa shape index (κ3) is 3.69. The molecular formula is C21H18F2N2O4. The summed E-state index contributed by atoms with van der Waals surface area (Å²) in [6, 6.07) is 6.48. The van der Waals surface area contributed by atoms with E-state index in [4.69, 9.17) is 9.47 Å². The summed E-state index contributed by atoms with van der Waals surface area (Å²) in [5.74, 6) is -2.40. The van der Waals surface area contributed by atoms with Crippen LogP contribution in [-0.4, -0.2) is 34.9 Å². The van der Waals surface area contributed by atoms with Crippen LogP contribution in [-0.2, 0) is 7.05 Å². The lowest BCUT2D eigenvalue weighted by Crippen LogP contribution is -2.04. The van der Waals surface area contributed by atoms with Crippen LogP contribution in [0.25, 0.3) is 17.3 Å². The van der Waals surface area contributed by atoms with E-state index in [1.165, 1.54) is 37.2 Å². The molecule has 8 heteroatoms. The number of rotatable bonds is 6. The van der Waals surface area contributed by atoms with Crippen LogP contribution in [0.1, 0.15) is 15.9 Å². The number of aromatic nitrogens is 2. The first-order chi connectivity index (χ1) is 13.9. The summed E-state index contributed by atoms with van der Waals surface area (Å²) in [7, 11) is 4.41. The Kier molecular flexibility index (Phi) is 5.63. The molecule has 3 aromatic rings. The highest BCUT2D eigenvalue weighted by molar-refractivity contribution is 6.12. The fraction of sp³-hybridized carbons (Fsp3) is 0.143. The molecule has 0 unspecified atom stereocenters. The lowest BCUT2D eigenvalue weighted by Gasteiger charge is -2.16. The highest BCUT2D eigenvalue weighted by Crippen LogP contribution is 2.44. The minimum atomic E-state index is -0.810. The van der Waals surface area contributed by atoms with Crippen molar-refractivity contribution in [2.24, 2.45) is 7.05 Å². The number of allylic oxidation sites excluding steroid dienone is 1. The molecular weight excluding hydrogens is 382 g/mol. The smallest absolute Gasteiger partial charge is 0.193 e. The minimum Gasteiger partial charge on any atom is -0.506 e. The molecule has 0 aliphatic heterocycles. The third-order valence-corrected chi connectivity index (χ3v) is 4.39. The molecule has 0 fully saturated rings. The predicted molar refractivity (Wildman–Crippen MR) is 103 cm³/mol. The van der Waals surface area contributed by atoms with E-state index in [0.29, 0.717) is 5.69 Å². The Bertz CT molecular complexity index is 1090. The van der Waals surface area contributed by atoms with Gasteiger partial charge in [0.25, 0.3) is 0 Å². The zero-order valence-corrected chi connectivity index (χ0v) is 15.9. The van der Waals surface area contributed by atoms with E-state index in [1.54, 1.807) is 13.1 Å². The molecule has 0 atom stereocenters. The average Bonchev–Trinajstić information content (AvgIpc) is 3.11. The number of ether oxygens (including phenoxy) is 2. The second-order valence-corrected chi connectivity index (χ2v) is 6.05. The van der Waals surface area contributed by atoms with E-state index in [0.717, 1.165) is 24.3 Å². The van der Waals surface area contributed by atoms with Crippen molar-refractivity contribution in [1.82, 2.24) is 9.78 Å². The maximum atomic E-state index is 13.8. The number of aryl methyl sites for hydroxylation is 1. The molecule has 0 aliphatic rings. The number of carbonyl (C=O) groups excluding carboxylic acids is 1. The predicted octanol–water partition coefficient (Wildman–Crippen LogP) is 3.98. The van der Waals surface area contributed by atoms with E-state index < -0.39 is 23.2 Å². The second kappa shape index (κ2) is 8.14. The van der Waals surface area contributed by atoms with Crippen LogP contribution in [0.4, 0.5) is 8.78 Å². The highest BCUT2D eigenvalue weighted by Gasteiger charge is 2.25. The van der Waals surface area contributed by atoms with E-state index >= 15 is 0 Å². The van der Waals surface area contributed by atoms with Gasteiger partial charge in [0.05, 0.1) is 25.5 Å². The van der Waals surface area contributed by atoms with Crippen LogP contribution in [0.3, 0.4) is 0 Å². The number of methoxy groups -OCH3 is 2. The Labute approximate surface area is 165 Å². The van der Waals surface area contributed by atoms with E-state index in [1.807, 2.05) is 0 Å². The van der Waals surface area contributed by atoms with Gasteiger partial charge in [-0.15, -0.1) is 0 Å². The molecule has 0 radical (unpaired) electrons. The van der Waals surface area contributed by atoms with E-state index in [9.17, 15) is 18.7 Å². The Balaban J connectivity index is 2.14. The minimum absolute atomic E-state index is 0.0499. The van der Waals surface area contributed by atoms with Crippen LogP contribution >= 0.6 is 0 Å². The fourth-order valence-corrected chi connectivity index (χ4v) is 2.96. The maximum Gasteiger partial charge on any atom is 0.193 e. The maximum absolute atomic E-state index is 13.8. The third-order valence-electron chi connectivity index (χ3n) is 4.39. The Morgan fingerprint density at radius 1 is 1.14 bits per heavy atom. The first-order valence-corrected chi connectivity index (χ1v) is 8.51. The molecule has 2 aromatic carbocycles. The molecule has 0 amide bonds. The summed E-state index contributed by atoms with van der Waals surface area (Å²) in [4.78, 5) is 12.8. The normalized spacial score (nSPS) is 11.1.